The molecule has 6 heterocycles. The molecule has 0 fully saturated rings. The van der Waals surface area contributed by atoms with Gasteiger partial charge in [-0.3, -0.25) is 8.98 Å². The molecule has 0 radical (unpaired) electrons. The summed E-state index contributed by atoms with van der Waals surface area (Å²) >= 11 is 0. The van der Waals surface area contributed by atoms with Gasteiger partial charge in [-0.05, 0) is 99.2 Å². The number of pyridine rings is 3. The predicted molar refractivity (Wildman–Crippen MR) is 309 cm³/mol. The number of nitriles is 3. The highest BCUT2D eigenvalue weighted by molar-refractivity contribution is 7.85. The molecule has 31 heteroatoms. The summed E-state index contributed by atoms with van der Waals surface area (Å²) < 4.78 is 170. The van der Waals surface area contributed by atoms with Gasteiger partial charge in [0.1, 0.15) is 52.0 Å². The monoisotopic (exact) mass is 1270 g/mol. The van der Waals surface area contributed by atoms with Gasteiger partial charge in [-0.1, -0.05) is 0 Å². The lowest BCUT2D eigenvalue weighted by Crippen LogP contribution is -2.26. The lowest BCUT2D eigenvalue weighted by molar-refractivity contribution is -0.139. The molecule has 0 saturated carbocycles. The summed E-state index contributed by atoms with van der Waals surface area (Å²) in [5, 5.41) is 30.9. The zero-order valence-electron chi connectivity index (χ0n) is 49.0. The van der Waals surface area contributed by atoms with Crippen LogP contribution in [0.3, 0.4) is 0 Å². The van der Waals surface area contributed by atoms with E-state index in [1.165, 1.54) is 61.1 Å². The Bertz CT molecular complexity index is 4330. The third-order valence-electron chi connectivity index (χ3n) is 13.3. The predicted octanol–water partition coefficient (Wildman–Crippen LogP) is 10.6. The fourth-order valence-electron chi connectivity index (χ4n) is 8.69. The highest BCUT2D eigenvalue weighted by Gasteiger charge is 2.37. The molecule has 1 N–H and O–H groups in total. The van der Waals surface area contributed by atoms with Gasteiger partial charge in [-0.25, -0.2) is 29.9 Å². The van der Waals surface area contributed by atoms with E-state index in [9.17, 15) is 68.5 Å². The number of nitrogens with one attached hydrogen (secondary N) is 1. The van der Waals surface area contributed by atoms with Crippen molar-refractivity contribution in [2.75, 3.05) is 59.9 Å². The maximum absolute atomic E-state index is 13.7. The van der Waals surface area contributed by atoms with Gasteiger partial charge in [0.15, 0.2) is 17.1 Å². The van der Waals surface area contributed by atoms with Crippen molar-refractivity contribution in [3.05, 3.63) is 126 Å². The Labute approximate surface area is 508 Å². The Morgan fingerprint density at radius 3 is 1.19 bits per heavy atom. The van der Waals surface area contributed by atoms with E-state index in [0.717, 1.165) is 30.5 Å². The molecule has 472 valence electrons. The van der Waals surface area contributed by atoms with Gasteiger partial charge in [-0.2, -0.15) is 63.7 Å². The van der Waals surface area contributed by atoms with Crippen LogP contribution in [0.15, 0.2) is 91.8 Å². The Hall–Kier alpha value is -9.90. The molecule has 6 aromatic heterocycles. The fourth-order valence-corrected chi connectivity index (χ4v) is 9.11. The van der Waals surface area contributed by atoms with Crippen LogP contribution < -0.4 is 19.5 Å². The van der Waals surface area contributed by atoms with E-state index < -0.39 is 51.1 Å². The van der Waals surface area contributed by atoms with Crippen LogP contribution in [0.1, 0.15) is 60.0 Å². The second-order valence-electron chi connectivity index (χ2n) is 19.9. The summed E-state index contributed by atoms with van der Waals surface area (Å²) in [5.41, 5.74) is 1.49. The number of hydrogen-bond donors (Lipinski definition) is 1. The van der Waals surface area contributed by atoms with Gasteiger partial charge in [0.2, 0.25) is 5.91 Å². The highest BCUT2D eigenvalue weighted by Crippen LogP contribution is 2.42. The van der Waals surface area contributed by atoms with E-state index >= 15 is 0 Å². The second kappa shape index (κ2) is 28.5. The minimum atomic E-state index is -4.71. The number of halogens is 9. The third kappa shape index (κ3) is 16.8. The van der Waals surface area contributed by atoms with E-state index in [4.69, 9.17) is 14.2 Å². The van der Waals surface area contributed by atoms with Gasteiger partial charge in [0, 0.05) is 64.8 Å². The molecule has 0 aliphatic heterocycles. The lowest BCUT2D eigenvalue weighted by Gasteiger charge is -2.17. The van der Waals surface area contributed by atoms with Crippen LogP contribution in [0.25, 0.3) is 66.9 Å². The first kappa shape index (κ1) is 67.6. The van der Waals surface area contributed by atoms with Crippen LogP contribution in [0.4, 0.5) is 39.5 Å². The largest absolute Gasteiger partial charge is 0.493 e. The molecule has 9 rings (SSSR count). The molecule has 0 unspecified atom stereocenters. The van der Waals surface area contributed by atoms with Crippen molar-refractivity contribution < 1.29 is 71.1 Å². The molecule has 0 atom stereocenters. The smallest absolute Gasteiger partial charge is 0.419 e. The molecule has 0 bridgehead atoms. The molecule has 0 saturated heterocycles. The van der Waals surface area contributed by atoms with Gasteiger partial charge < -0.3 is 38.1 Å². The van der Waals surface area contributed by atoms with E-state index in [0.29, 0.717) is 59.0 Å². The second-order valence-corrected chi connectivity index (χ2v) is 21.5. The number of alkyl halides is 9. The van der Waals surface area contributed by atoms with Crippen LogP contribution in [0.5, 0.6) is 17.2 Å². The summed E-state index contributed by atoms with van der Waals surface area (Å²) in [5.74, 6) is -1.06. The van der Waals surface area contributed by atoms with Gasteiger partial charge in [0.25, 0.3) is 10.1 Å². The zero-order valence-corrected chi connectivity index (χ0v) is 49.8. The molecule has 21 nitrogen and oxygen atoms in total. The quantitative estimate of drug-likeness (QED) is 0.0448. The number of nitrogens with zero attached hydrogens (tertiary/aromatic N) is 13. The number of aromatic nitrogens is 9. The average molecular weight is 1280 g/mol. The highest BCUT2D eigenvalue weighted by atomic mass is 32.2. The first-order valence-electron chi connectivity index (χ1n) is 26.9. The Morgan fingerprint density at radius 1 is 0.556 bits per heavy atom. The summed E-state index contributed by atoms with van der Waals surface area (Å²) in [6.07, 6.45) is -7.47. The van der Waals surface area contributed by atoms with Crippen molar-refractivity contribution in [2.24, 2.45) is 21.1 Å². The number of ether oxygens (including phenoxy) is 3. The Balaban J connectivity index is 0.000000192. The van der Waals surface area contributed by atoms with Crippen molar-refractivity contribution in [2.45, 2.75) is 44.7 Å². The number of rotatable bonds is 19. The van der Waals surface area contributed by atoms with Gasteiger partial charge >= 0.3 is 18.5 Å². The van der Waals surface area contributed by atoms with Crippen molar-refractivity contribution >= 4 is 49.1 Å². The first-order valence-corrected chi connectivity index (χ1v) is 28.7. The van der Waals surface area contributed by atoms with Crippen LogP contribution in [0.2, 0.25) is 0 Å². The molecule has 90 heavy (non-hydrogen) atoms. The Morgan fingerprint density at radius 2 is 0.889 bits per heavy atom. The summed E-state index contributed by atoms with van der Waals surface area (Å²) in [7, 11) is 4.91. The van der Waals surface area contributed by atoms with E-state index in [1.807, 2.05) is 18.2 Å². The number of carbonyl (C=O) groups excluding carboxylic acids is 1. The van der Waals surface area contributed by atoms with Crippen molar-refractivity contribution in [3.63, 3.8) is 0 Å². The van der Waals surface area contributed by atoms with E-state index in [2.05, 4.69) is 39.4 Å². The summed E-state index contributed by atoms with van der Waals surface area (Å²) in [6, 6.07) is 21.5. The number of imidazole rings is 3. The maximum Gasteiger partial charge on any atom is 0.419 e. The van der Waals surface area contributed by atoms with Crippen molar-refractivity contribution in [1.82, 2.24) is 53.8 Å². The molecular formula is C59H55F9N14O7S. The van der Waals surface area contributed by atoms with Crippen molar-refractivity contribution in [3.8, 4) is 69.2 Å². The zero-order chi connectivity index (χ0) is 65.9. The number of aryl methyl sites for hydroxylation is 3. The van der Waals surface area contributed by atoms with Crippen LogP contribution in [0, 0.1) is 34.0 Å². The molecule has 9 aromatic rings. The standard InChI is InChI=1S/C21H20F3N5O2.C19H18F3N5O.C19H17F3N4O4S/c1-13(30)28(2)7-4-8-31-19-6-5-14(9-15(19)21(22,23)24)16-10-18-20(17(11-25)27-16)26-12-29(18)3;1-24-6-3-7-28-17-5-4-12(8-13(17)19(20,21)22)14-9-16-18(15(10-23)26-14)25-11-27(16)2;1-26-11-24-18-15(10-23)25-14(9-16(18)26)12-4-5-17(13(8-12)19(20,21)22)29-6-3-7-30-31(2,27)28/h5-6,9-10,12H,4,7-8H2,1-3H3;4-5,8-9,11,24H,3,6-7H2,1-2H3;4-5,8-9,11H,3,6-7H2,1-2H3. The first-order chi connectivity index (χ1) is 42.5. The SMILES string of the molecule is CC(=O)N(C)CCCOc1ccc(-c2cc3c(ncn3C)c(C#N)n2)cc1C(F)(F)F.CNCCCOc1ccc(-c2cc3c(ncn3C)c(C#N)n2)cc1C(F)(F)F.Cn1cnc2c(C#N)nc(-c3ccc(OCCCOS(C)(=O)=O)c(C(F)(F)F)c3)cc21. The molecule has 0 aliphatic rings. The van der Waals surface area contributed by atoms with Gasteiger partial charge in [-0.15, -0.1) is 0 Å². The Kier molecular flexibility index (Phi) is 21.4. The number of hydrogen-bond acceptors (Lipinski definition) is 17. The van der Waals surface area contributed by atoms with Gasteiger partial charge in [0.05, 0.1) is 102 Å². The fraction of sp³-hybridized carbons (Fsp3) is 0.322. The molecule has 3 aromatic carbocycles. The lowest BCUT2D eigenvalue weighted by atomic mass is 10.1. The van der Waals surface area contributed by atoms with E-state index in [1.54, 1.807) is 67.1 Å². The number of carbonyl (C=O) groups is 1. The van der Waals surface area contributed by atoms with Crippen LogP contribution in [-0.2, 0) is 58.8 Å². The summed E-state index contributed by atoms with van der Waals surface area (Å²) in [4.78, 5) is 37.5. The normalized spacial score (nSPS) is 11.7. The molecule has 0 aliphatic carbocycles. The van der Waals surface area contributed by atoms with Crippen LogP contribution >= 0.6 is 0 Å². The molecule has 0 spiro atoms. The topological polar surface area (TPSA) is 267 Å². The van der Waals surface area contributed by atoms with Crippen LogP contribution in [-0.4, -0.2) is 123 Å². The number of fused-ring (bicyclic) bond motifs is 3. The van der Waals surface area contributed by atoms with E-state index in [-0.39, 0.29) is 101 Å². The molecular weight excluding hydrogens is 1220 g/mol. The number of benzene rings is 3. The minimum absolute atomic E-state index is 0.00728. The number of amides is 1. The maximum atomic E-state index is 13.7. The minimum Gasteiger partial charge on any atom is -0.493 e. The molecule has 1 amide bonds. The average Bonchev–Trinajstić information content (AvgIpc) is 2.86. The third-order valence-corrected chi connectivity index (χ3v) is 13.9. The summed E-state index contributed by atoms with van der Waals surface area (Å²) in [6.45, 7) is 2.25. The van der Waals surface area contributed by atoms with Crippen molar-refractivity contribution in [1.29, 1.82) is 15.8 Å².